The van der Waals surface area contributed by atoms with Gasteiger partial charge in [-0.15, -0.1) is 0 Å². The molecule has 1 fully saturated rings. The molecule has 0 atom stereocenters. The van der Waals surface area contributed by atoms with Crippen molar-refractivity contribution >= 4 is 23.6 Å². The molecule has 1 aliphatic heterocycles. The van der Waals surface area contributed by atoms with Crippen molar-refractivity contribution < 1.29 is 4.79 Å². The number of piperidine rings is 1. The van der Waals surface area contributed by atoms with Crippen LogP contribution in [0.4, 0.5) is 10.7 Å². The first kappa shape index (κ1) is 19.4. The summed E-state index contributed by atoms with van der Waals surface area (Å²) in [6.07, 6.45) is 1.93. The van der Waals surface area contributed by atoms with Crippen LogP contribution in [0.5, 0.6) is 0 Å². The third-order valence-corrected chi connectivity index (χ3v) is 5.09. The number of anilines is 1. The number of rotatable bonds is 4. The highest BCUT2D eigenvalue weighted by Gasteiger charge is 2.23. The Balaban J connectivity index is 1.52. The zero-order valence-corrected chi connectivity index (χ0v) is 16.8. The summed E-state index contributed by atoms with van der Waals surface area (Å²) < 4.78 is 0. The van der Waals surface area contributed by atoms with E-state index in [2.05, 4.69) is 27.4 Å². The lowest BCUT2D eigenvalue weighted by molar-refractivity contribution is 0.181. The molecule has 0 saturated carbocycles. The Morgan fingerprint density at radius 1 is 1.22 bits per heavy atom. The zero-order chi connectivity index (χ0) is 19.4. The van der Waals surface area contributed by atoms with E-state index in [4.69, 9.17) is 11.6 Å². The van der Waals surface area contributed by atoms with E-state index in [1.165, 1.54) is 5.56 Å². The van der Waals surface area contributed by atoms with Gasteiger partial charge in [-0.25, -0.2) is 14.8 Å². The van der Waals surface area contributed by atoms with Gasteiger partial charge in [-0.3, -0.25) is 0 Å². The van der Waals surface area contributed by atoms with Crippen molar-refractivity contribution in [2.45, 2.75) is 32.2 Å². The molecular weight excluding hydrogens is 362 g/mol. The van der Waals surface area contributed by atoms with Crippen LogP contribution < -0.4 is 10.2 Å². The molecule has 1 N–H and O–H groups in total. The van der Waals surface area contributed by atoms with Gasteiger partial charge in [0.1, 0.15) is 0 Å². The van der Waals surface area contributed by atoms with Crippen LogP contribution in [-0.4, -0.2) is 48.1 Å². The number of halogens is 1. The van der Waals surface area contributed by atoms with Gasteiger partial charge in [-0.05, 0) is 49.4 Å². The van der Waals surface area contributed by atoms with Gasteiger partial charge in [0.05, 0.1) is 12.2 Å². The monoisotopic (exact) mass is 387 g/mol. The molecule has 2 heterocycles. The number of nitrogens with one attached hydrogen (secondary N) is 1. The largest absolute Gasteiger partial charge is 0.347 e. The van der Waals surface area contributed by atoms with E-state index < -0.39 is 0 Å². The summed E-state index contributed by atoms with van der Waals surface area (Å²) in [5, 5.41) is 3.74. The number of aryl methyl sites for hydroxylation is 1. The molecule has 0 aliphatic carbocycles. The number of likely N-dealkylation sites (tertiary alicyclic amines) is 1. The SMILES string of the molecule is Cc1cc(CNC(=O)N2CCC(c3ccc(Cl)cc3)CC2)nc(N(C)C)n1. The maximum Gasteiger partial charge on any atom is 0.317 e. The number of carbonyl (C=O) groups is 1. The average Bonchev–Trinajstić information content (AvgIpc) is 2.66. The fourth-order valence-electron chi connectivity index (χ4n) is 3.34. The van der Waals surface area contributed by atoms with Gasteiger partial charge in [-0.2, -0.15) is 0 Å². The molecule has 27 heavy (non-hydrogen) atoms. The van der Waals surface area contributed by atoms with Crippen LogP contribution in [0.25, 0.3) is 0 Å². The summed E-state index contributed by atoms with van der Waals surface area (Å²) in [7, 11) is 3.81. The van der Waals surface area contributed by atoms with Gasteiger partial charge in [0.15, 0.2) is 0 Å². The molecule has 0 unspecified atom stereocenters. The third kappa shape index (κ3) is 5.10. The van der Waals surface area contributed by atoms with E-state index >= 15 is 0 Å². The lowest BCUT2D eigenvalue weighted by atomic mass is 9.89. The van der Waals surface area contributed by atoms with E-state index in [0.717, 1.165) is 42.3 Å². The second-order valence-corrected chi connectivity index (χ2v) is 7.60. The van der Waals surface area contributed by atoms with E-state index in [-0.39, 0.29) is 6.03 Å². The highest BCUT2D eigenvalue weighted by molar-refractivity contribution is 6.30. The van der Waals surface area contributed by atoms with Crippen molar-refractivity contribution in [1.82, 2.24) is 20.2 Å². The van der Waals surface area contributed by atoms with Crippen molar-refractivity contribution in [2.75, 3.05) is 32.1 Å². The topological polar surface area (TPSA) is 61.4 Å². The van der Waals surface area contributed by atoms with E-state index in [1.54, 1.807) is 0 Å². The normalized spacial score (nSPS) is 14.9. The molecule has 144 valence electrons. The van der Waals surface area contributed by atoms with Gasteiger partial charge in [0, 0.05) is 37.9 Å². The van der Waals surface area contributed by atoms with Crippen LogP contribution in [0.3, 0.4) is 0 Å². The molecule has 1 saturated heterocycles. The molecule has 1 aromatic carbocycles. The van der Waals surface area contributed by atoms with Crippen molar-refractivity contribution in [3.63, 3.8) is 0 Å². The molecule has 1 aliphatic rings. The Labute approximate surface area is 165 Å². The maximum absolute atomic E-state index is 12.5. The van der Waals surface area contributed by atoms with Crippen molar-refractivity contribution in [2.24, 2.45) is 0 Å². The number of carbonyl (C=O) groups excluding carboxylic acids is 1. The molecule has 0 bridgehead atoms. The first-order chi connectivity index (χ1) is 12.9. The van der Waals surface area contributed by atoms with Gasteiger partial charge in [0.2, 0.25) is 5.95 Å². The van der Waals surface area contributed by atoms with Crippen molar-refractivity contribution in [1.29, 1.82) is 0 Å². The standard InChI is InChI=1S/C20H26ClN5O/c1-14-12-18(24-19(23-14)25(2)3)13-22-20(27)26-10-8-16(9-11-26)15-4-6-17(21)7-5-15/h4-7,12,16H,8-11,13H2,1-3H3,(H,22,27). The van der Waals surface area contributed by atoms with E-state index in [1.807, 2.05) is 49.0 Å². The minimum Gasteiger partial charge on any atom is -0.347 e. The molecule has 1 aromatic heterocycles. The summed E-state index contributed by atoms with van der Waals surface area (Å²) in [5.41, 5.74) is 3.00. The molecule has 2 amide bonds. The Kier molecular flexibility index (Phi) is 6.16. The molecule has 2 aromatic rings. The number of hydrogen-bond donors (Lipinski definition) is 1. The lowest BCUT2D eigenvalue weighted by Crippen LogP contribution is -2.44. The molecule has 3 rings (SSSR count). The Bertz CT molecular complexity index is 785. The molecular formula is C20H26ClN5O. The van der Waals surface area contributed by atoms with E-state index in [0.29, 0.717) is 18.4 Å². The number of hydrogen-bond acceptors (Lipinski definition) is 4. The van der Waals surface area contributed by atoms with E-state index in [9.17, 15) is 4.79 Å². The molecule has 7 heteroatoms. The van der Waals surface area contributed by atoms with Crippen LogP contribution in [-0.2, 0) is 6.54 Å². The van der Waals surface area contributed by atoms with Crippen LogP contribution in [0.15, 0.2) is 30.3 Å². The number of aromatic nitrogens is 2. The van der Waals surface area contributed by atoms with Crippen LogP contribution in [0, 0.1) is 6.92 Å². The average molecular weight is 388 g/mol. The molecule has 6 nitrogen and oxygen atoms in total. The molecule has 0 spiro atoms. The molecule has 0 radical (unpaired) electrons. The number of amides is 2. The minimum atomic E-state index is -0.0350. The second-order valence-electron chi connectivity index (χ2n) is 7.17. The highest BCUT2D eigenvalue weighted by atomic mass is 35.5. The van der Waals surface area contributed by atoms with Gasteiger partial charge in [0.25, 0.3) is 0 Å². The van der Waals surface area contributed by atoms with Crippen LogP contribution in [0.1, 0.15) is 35.7 Å². The second kappa shape index (κ2) is 8.57. The summed E-state index contributed by atoms with van der Waals surface area (Å²) in [5.74, 6) is 1.14. The fourth-order valence-corrected chi connectivity index (χ4v) is 3.46. The smallest absolute Gasteiger partial charge is 0.317 e. The van der Waals surface area contributed by atoms with Crippen molar-refractivity contribution in [3.05, 3.63) is 52.3 Å². The first-order valence-corrected chi connectivity index (χ1v) is 9.60. The number of nitrogens with zero attached hydrogens (tertiary/aromatic N) is 4. The summed E-state index contributed by atoms with van der Waals surface area (Å²) in [6, 6.07) is 9.90. The summed E-state index contributed by atoms with van der Waals surface area (Å²) in [4.78, 5) is 25.1. The summed E-state index contributed by atoms with van der Waals surface area (Å²) in [6.45, 7) is 3.84. The summed E-state index contributed by atoms with van der Waals surface area (Å²) >= 11 is 5.96. The Hall–Kier alpha value is -2.34. The number of benzene rings is 1. The maximum atomic E-state index is 12.5. The predicted molar refractivity (Wildman–Crippen MR) is 108 cm³/mol. The van der Waals surface area contributed by atoms with Gasteiger partial charge < -0.3 is 15.1 Å². The van der Waals surface area contributed by atoms with Crippen LogP contribution in [0.2, 0.25) is 5.02 Å². The Morgan fingerprint density at radius 2 is 1.89 bits per heavy atom. The lowest BCUT2D eigenvalue weighted by Gasteiger charge is -2.32. The van der Waals surface area contributed by atoms with Crippen molar-refractivity contribution in [3.8, 4) is 0 Å². The first-order valence-electron chi connectivity index (χ1n) is 9.22. The predicted octanol–water partition coefficient (Wildman–Crippen LogP) is 3.59. The van der Waals surface area contributed by atoms with Gasteiger partial charge in [-0.1, -0.05) is 23.7 Å². The number of urea groups is 1. The third-order valence-electron chi connectivity index (χ3n) is 4.84. The van der Waals surface area contributed by atoms with Gasteiger partial charge >= 0.3 is 6.03 Å². The minimum absolute atomic E-state index is 0.0350. The zero-order valence-electron chi connectivity index (χ0n) is 16.1. The Morgan fingerprint density at radius 3 is 2.52 bits per heavy atom. The van der Waals surface area contributed by atoms with Crippen LogP contribution >= 0.6 is 11.6 Å². The fraction of sp³-hybridized carbons (Fsp3) is 0.450. The quantitative estimate of drug-likeness (QED) is 0.870. The highest BCUT2D eigenvalue weighted by Crippen LogP contribution is 2.28.